The third-order valence-electron chi connectivity index (χ3n) is 4.94. The second-order valence-corrected chi connectivity index (χ2v) is 9.87. The second-order valence-electron chi connectivity index (χ2n) is 8.16. The van der Waals surface area contributed by atoms with Gasteiger partial charge in [-0.15, -0.1) is 13.1 Å². The maximum Gasteiger partial charge on any atom is 0.586 e. The smallest absolute Gasteiger partial charge is 0.395 e. The second kappa shape index (κ2) is 8.95. The van der Waals surface area contributed by atoms with E-state index in [1.807, 2.05) is 0 Å². The first-order valence-electron chi connectivity index (χ1n) is 10.1. The molecule has 1 aliphatic heterocycles. The number of nitrogens with two attached hydrogens (primary N) is 1. The number of fused-ring (bicyclic) bond motifs is 1. The number of benzene rings is 1. The Balaban J connectivity index is 2.06. The summed E-state index contributed by atoms with van der Waals surface area (Å²) in [6.45, 7) is 6.67. The van der Waals surface area contributed by atoms with Crippen LogP contribution in [0.1, 0.15) is 56.2 Å². The highest BCUT2D eigenvalue weighted by Gasteiger charge is 2.46. The normalized spacial score (nSPS) is 16.3. The van der Waals surface area contributed by atoms with E-state index in [9.17, 15) is 22.2 Å². The zero-order valence-corrected chi connectivity index (χ0v) is 19.3. The summed E-state index contributed by atoms with van der Waals surface area (Å²) in [7, 11) is -4.04. The predicted octanol–water partition coefficient (Wildman–Crippen LogP) is 3.05. The Kier molecular flexibility index (Phi) is 6.78. The van der Waals surface area contributed by atoms with Crippen LogP contribution in [0, 0.1) is 5.82 Å². The van der Waals surface area contributed by atoms with Crippen LogP contribution in [-0.2, 0) is 27.7 Å². The molecule has 182 valence electrons. The first kappa shape index (κ1) is 25.0. The van der Waals surface area contributed by atoms with E-state index in [1.165, 1.54) is 6.07 Å². The summed E-state index contributed by atoms with van der Waals surface area (Å²) in [5.41, 5.74) is 1.25. The number of aromatic nitrogens is 2. The van der Waals surface area contributed by atoms with Crippen LogP contribution in [-0.4, -0.2) is 37.9 Å². The largest absolute Gasteiger partial charge is 0.586 e. The van der Waals surface area contributed by atoms with Crippen molar-refractivity contribution >= 4 is 15.8 Å². The molecule has 1 amide bonds. The predicted molar refractivity (Wildman–Crippen MR) is 112 cm³/mol. The summed E-state index contributed by atoms with van der Waals surface area (Å²) in [6.07, 6.45) is -3.40. The topological polar surface area (TPSA) is 129 Å². The Morgan fingerprint density at radius 3 is 2.55 bits per heavy atom. The highest BCUT2D eigenvalue weighted by molar-refractivity contribution is 7.91. The van der Waals surface area contributed by atoms with Crippen LogP contribution in [0.25, 0.3) is 0 Å². The van der Waals surface area contributed by atoms with Crippen LogP contribution < -0.4 is 14.6 Å². The number of halogens is 3. The number of hydrogen-bond acceptors (Lipinski definition) is 6. The molecule has 13 heteroatoms. The maximum absolute atomic E-state index is 14.2. The fraction of sp³-hybridized carbons (Fsp3) is 0.500. The Bertz CT molecular complexity index is 1200. The average Bonchev–Trinajstić information content (AvgIpc) is 3.18. The minimum absolute atomic E-state index is 0.0717. The van der Waals surface area contributed by atoms with Gasteiger partial charge >= 0.3 is 6.29 Å². The van der Waals surface area contributed by atoms with Crippen LogP contribution in [0.15, 0.2) is 21.7 Å². The Hall–Kier alpha value is -2.64. The molecule has 33 heavy (non-hydrogen) atoms. The van der Waals surface area contributed by atoms with Crippen LogP contribution in [0.3, 0.4) is 0 Å². The molecule has 1 atom stereocenters. The average molecular weight is 491 g/mol. The van der Waals surface area contributed by atoms with Gasteiger partial charge in [-0.05, 0) is 29.0 Å². The molecule has 1 aliphatic rings. The van der Waals surface area contributed by atoms with Crippen molar-refractivity contribution < 1.29 is 36.8 Å². The molecule has 9 nitrogen and oxygen atoms in total. The van der Waals surface area contributed by atoms with Crippen LogP contribution in [0.2, 0.25) is 0 Å². The fourth-order valence-electron chi connectivity index (χ4n) is 3.66. The lowest BCUT2D eigenvalue weighted by Gasteiger charge is -2.20. The van der Waals surface area contributed by atoms with Crippen molar-refractivity contribution in [3.8, 4) is 11.5 Å². The van der Waals surface area contributed by atoms with E-state index in [4.69, 9.17) is 15.0 Å². The number of ether oxygens (including phenoxy) is 2. The van der Waals surface area contributed by atoms with Gasteiger partial charge in [0.25, 0.3) is 5.91 Å². The zero-order valence-electron chi connectivity index (χ0n) is 18.5. The van der Waals surface area contributed by atoms with Crippen molar-refractivity contribution in [3.63, 3.8) is 0 Å². The van der Waals surface area contributed by atoms with Crippen molar-refractivity contribution in [2.24, 2.45) is 9.50 Å². The quantitative estimate of drug-likeness (QED) is 0.614. The summed E-state index contributed by atoms with van der Waals surface area (Å²) in [5, 5.41) is 17.6. The summed E-state index contributed by atoms with van der Waals surface area (Å²) < 4.78 is 68.3. The first-order chi connectivity index (χ1) is 15.3. The number of rotatable bonds is 7. The minimum Gasteiger partial charge on any atom is -0.395 e. The lowest BCUT2D eigenvalue weighted by Crippen LogP contribution is -2.26. The third kappa shape index (κ3) is 5.14. The molecule has 1 aromatic heterocycles. The first-order valence-corrected chi connectivity index (χ1v) is 11.7. The van der Waals surface area contributed by atoms with E-state index in [-0.39, 0.29) is 36.5 Å². The van der Waals surface area contributed by atoms with Gasteiger partial charge < -0.3 is 14.6 Å². The SMILES string of the molecule is CC(C)c1cc2c(c(C(C)C)c1CC(=O)N=S(N)(=O)c1nn(CCO)cc1F)OC(F)(F)O2. The van der Waals surface area contributed by atoms with E-state index >= 15 is 0 Å². The Labute approximate surface area is 189 Å². The summed E-state index contributed by atoms with van der Waals surface area (Å²) >= 11 is 0. The van der Waals surface area contributed by atoms with Crippen LogP contribution in [0.4, 0.5) is 13.2 Å². The summed E-state index contributed by atoms with van der Waals surface area (Å²) in [6, 6.07) is 1.38. The van der Waals surface area contributed by atoms with Gasteiger partial charge in [-0.2, -0.15) is 5.10 Å². The molecule has 0 saturated carbocycles. The molecule has 0 bridgehead atoms. The number of nitrogens with zero attached hydrogens (tertiary/aromatic N) is 3. The van der Waals surface area contributed by atoms with E-state index in [1.54, 1.807) is 27.7 Å². The van der Waals surface area contributed by atoms with Crippen molar-refractivity contribution in [2.45, 2.75) is 63.8 Å². The molecule has 0 spiro atoms. The van der Waals surface area contributed by atoms with Crippen LogP contribution >= 0.6 is 0 Å². The minimum atomic E-state index is -4.04. The number of aliphatic hydroxyl groups is 1. The standard InChI is InChI=1S/C20H25F3N4O5S/c1-10(2)12-7-15-18(32-20(22,23)31-15)17(11(3)4)13(12)8-16(29)26-33(24,30)19-14(21)9-27(25-19)5-6-28/h7,9-11,28H,5-6,8H2,1-4H3,(H2,24,26,29,30). The molecule has 1 aromatic carbocycles. The van der Waals surface area contributed by atoms with Gasteiger partial charge in [-0.1, -0.05) is 27.7 Å². The van der Waals surface area contributed by atoms with Gasteiger partial charge in [-0.3, -0.25) is 9.48 Å². The number of amides is 1. The molecule has 0 saturated heterocycles. The van der Waals surface area contributed by atoms with Gasteiger partial charge in [0, 0.05) is 5.56 Å². The van der Waals surface area contributed by atoms with E-state index in [0.717, 1.165) is 10.9 Å². The molecule has 1 unspecified atom stereocenters. The molecular formula is C20H25F3N4O5S. The Morgan fingerprint density at radius 2 is 1.97 bits per heavy atom. The molecule has 0 fully saturated rings. The van der Waals surface area contributed by atoms with Crippen LogP contribution in [0.5, 0.6) is 11.5 Å². The number of carbonyl (C=O) groups excluding carboxylic acids is 1. The number of hydrogen-bond donors (Lipinski definition) is 2. The monoisotopic (exact) mass is 490 g/mol. The molecular weight excluding hydrogens is 465 g/mol. The molecule has 3 N–H and O–H groups in total. The van der Waals surface area contributed by atoms with Crippen molar-refractivity contribution in [1.82, 2.24) is 9.78 Å². The fourth-order valence-corrected chi connectivity index (χ4v) is 4.67. The number of carbonyl (C=O) groups is 1. The lowest BCUT2D eigenvalue weighted by atomic mass is 9.86. The number of aliphatic hydroxyl groups excluding tert-OH is 1. The maximum atomic E-state index is 14.2. The van der Waals surface area contributed by atoms with Crippen molar-refractivity contribution in [3.05, 3.63) is 34.8 Å². The van der Waals surface area contributed by atoms with E-state index in [2.05, 4.69) is 14.2 Å². The highest BCUT2D eigenvalue weighted by Crippen LogP contribution is 2.49. The van der Waals surface area contributed by atoms with Crippen molar-refractivity contribution in [2.75, 3.05) is 6.61 Å². The van der Waals surface area contributed by atoms with Gasteiger partial charge in [0.1, 0.15) is 0 Å². The molecule has 3 rings (SSSR count). The number of alkyl halides is 2. The lowest BCUT2D eigenvalue weighted by molar-refractivity contribution is -0.287. The van der Waals surface area contributed by atoms with Gasteiger partial charge in [0.05, 0.1) is 25.8 Å². The summed E-state index contributed by atoms with van der Waals surface area (Å²) in [4.78, 5) is 12.8. The molecule has 0 radical (unpaired) electrons. The Morgan fingerprint density at radius 1 is 1.30 bits per heavy atom. The highest BCUT2D eigenvalue weighted by atomic mass is 32.2. The van der Waals surface area contributed by atoms with Gasteiger partial charge in [0.15, 0.2) is 27.2 Å². The van der Waals surface area contributed by atoms with E-state index in [0.29, 0.717) is 16.7 Å². The third-order valence-corrected chi connectivity index (χ3v) is 6.24. The van der Waals surface area contributed by atoms with Gasteiger partial charge in [-0.25, -0.2) is 13.7 Å². The summed E-state index contributed by atoms with van der Waals surface area (Å²) in [5.74, 6) is -2.84. The molecule has 2 heterocycles. The zero-order chi connectivity index (χ0) is 24.7. The van der Waals surface area contributed by atoms with Crippen molar-refractivity contribution in [1.29, 1.82) is 0 Å². The van der Waals surface area contributed by atoms with E-state index < -0.39 is 39.4 Å². The molecule has 0 aliphatic carbocycles. The van der Waals surface area contributed by atoms with Gasteiger partial charge in [0.2, 0.25) is 5.03 Å². The molecule has 2 aromatic rings.